The van der Waals surface area contributed by atoms with Crippen molar-refractivity contribution < 1.29 is 0 Å². The molecule has 0 spiro atoms. The first-order chi connectivity index (χ1) is 8.25. The maximum absolute atomic E-state index is 4.13. The lowest BCUT2D eigenvalue weighted by atomic mass is 10.2. The molecule has 0 bridgehead atoms. The average molecular weight is 237 g/mol. The highest BCUT2D eigenvalue weighted by Crippen LogP contribution is 2.08. The Kier molecular flexibility index (Phi) is 4.50. The summed E-state index contributed by atoms with van der Waals surface area (Å²) in [4.78, 5) is 2.46. The number of aromatic nitrogens is 3. The summed E-state index contributed by atoms with van der Waals surface area (Å²) in [6.45, 7) is 11.0. The molecule has 1 aliphatic heterocycles. The molecule has 1 aliphatic rings. The molecule has 0 saturated heterocycles. The lowest BCUT2D eigenvalue weighted by Crippen LogP contribution is -2.35. The lowest BCUT2D eigenvalue weighted by Gasteiger charge is -2.26. The Morgan fingerprint density at radius 3 is 3.12 bits per heavy atom. The first-order valence-electron chi connectivity index (χ1n) is 6.55. The first kappa shape index (κ1) is 12.5. The van der Waals surface area contributed by atoms with Crippen LogP contribution in [0, 0.1) is 5.92 Å². The van der Waals surface area contributed by atoms with Crippen LogP contribution in [-0.4, -0.2) is 45.8 Å². The van der Waals surface area contributed by atoms with Gasteiger partial charge < -0.3 is 9.88 Å². The van der Waals surface area contributed by atoms with Crippen molar-refractivity contribution in [2.75, 3.05) is 26.2 Å². The topological polar surface area (TPSA) is 46.0 Å². The standard InChI is InChI=1S/C12H23N5/c1-11(2)8-13-4-3-5-16-6-7-17-10-14-15-12(17)9-16/h10-11,13H,3-9H2,1-2H3. The van der Waals surface area contributed by atoms with Gasteiger partial charge in [-0.3, -0.25) is 4.90 Å². The van der Waals surface area contributed by atoms with Gasteiger partial charge in [0.15, 0.2) is 0 Å². The molecular weight excluding hydrogens is 214 g/mol. The molecule has 1 aromatic heterocycles. The molecule has 0 fully saturated rings. The van der Waals surface area contributed by atoms with Gasteiger partial charge in [0, 0.05) is 13.1 Å². The number of nitrogens with one attached hydrogen (secondary N) is 1. The molecule has 0 atom stereocenters. The largest absolute Gasteiger partial charge is 0.316 e. The second-order valence-corrected chi connectivity index (χ2v) is 5.17. The van der Waals surface area contributed by atoms with Gasteiger partial charge in [-0.05, 0) is 32.0 Å². The van der Waals surface area contributed by atoms with Crippen molar-refractivity contribution in [1.82, 2.24) is 25.0 Å². The Morgan fingerprint density at radius 1 is 1.41 bits per heavy atom. The number of hydrogen-bond acceptors (Lipinski definition) is 4. The van der Waals surface area contributed by atoms with Crippen LogP contribution in [0.2, 0.25) is 0 Å². The second-order valence-electron chi connectivity index (χ2n) is 5.17. The predicted molar refractivity (Wildman–Crippen MR) is 67.6 cm³/mol. The van der Waals surface area contributed by atoms with Crippen LogP contribution in [0.3, 0.4) is 0 Å². The van der Waals surface area contributed by atoms with Crippen molar-refractivity contribution in [3.05, 3.63) is 12.2 Å². The molecule has 2 rings (SSSR count). The number of hydrogen-bond donors (Lipinski definition) is 1. The van der Waals surface area contributed by atoms with E-state index in [1.54, 1.807) is 0 Å². The summed E-state index contributed by atoms with van der Waals surface area (Å²) < 4.78 is 2.15. The van der Waals surface area contributed by atoms with Crippen molar-refractivity contribution in [2.24, 2.45) is 5.92 Å². The fourth-order valence-corrected chi connectivity index (χ4v) is 2.13. The zero-order chi connectivity index (χ0) is 12.1. The van der Waals surface area contributed by atoms with Crippen molar-refractivity contribution in [2.45, 2.75) is 33.4 Å². The molecule has 2 heterocycles. The van der Waals surface area contributed by atoms with Crippen LogP contribution >= 0.6 is 0 Å². The zero-order valence-corrected chi connectivity index (χ0v) is 10.9. The van der Waals surface area contributed by atoms with E-state index in [9.17, 15) is 0 Å². The summed E-state index contributed by atoms with van der Waals surface area (Å²) >= 11 is 0. The molecule has 5 heteroatoms. The third kappa shape index (κ3) is 3.78. The predicted octanol–water partition coefficient (Wildman–Crippen LogP) is 0.729. The third-order valence-electron chi connectivity index (χ3n) is 3.10. The Hall–Kier alpha value is -0.940. The molecule has 0 aliphatic carbocycles. The third-order valence-corrected chi connectivity index (χ3v) is 3.10. The van der Waals surface area contributed by atoms with Crippen molar-refractivity contribution in [1.29, 1.82) is 0 Å². The van der Waals surface area contributed by atoms with Gasteiger partial charge in [-0.2, -0.15) is 0 Å². The smallest absolute Gasteiger partial charge is 0.147 e. The van der Waals surface area contributed by atoms with Gasteiger partial charge in [-0.1, -0.05) is 13.8 Å². The highest BCUT2D eigenvalue weighted by molar-refractivity contribution is 4.89. The molecule has 0 saturated carbocycles. The molecule has 0 aromatic carbocycles. The minimum Gasteiger partial charge on any atom is -0.316 e. The fraction of sp³-hybridized carbons (Fsp3) is 0.833. The average Bonchev–Trinajstić information content (AvgIpc) is 2.75. The molecule has 96 valence electrons. The van der Waals surface area contributed by atoms with E-state index in [2.05, 4.69) is 38.8 Å². The van der Waals surface area contributed by atoms with Gasteiger partial charge >= 0.3 is 0 Å². The molecule has 17 heavy (non-hydrogen) atoms. The zero-order valence-electron chi connectivity index (χ0n) is 10.9. The minimum absolute atomic E-state index is 0.739. The van der Waals surface area contributed by atoms with E-state index >= 15 is 0 Å². The van der Waals surface area contributed by atoms with Crippen molar-refractivity contribution >= 4 is 0 Å². The van der Waals surface area contributed by atoms with Gasteiger partial charge in [0.2, 0.25) is 0 Å². The van der Waals surface area contributed by atoms with Crippen molar-refractivity contribution in [3.8, 4) is 0 Å². The Bertz CT molecular complexity index is 333. The summed E-state index contributed by atoms with van der Waals surface area (Å²) in [6.07, 6.45) is 3.04. The second kappa shape index (κ2) is 6.12. The monoisotopic (exact) mass is 237 g/mol. The van der Waals surface area contributed by atoms with Crippen LogP contribution in [0.4, 0.5) is 0 Å². The molecule has 0 radical (unpaired) electrons. The van der Waals surface area contributed by atoms with E-state index in [4.69, 9.17) is 0 Å². The molecule has 5 nitrogen and oxygen atoms in total. The number of fused-ring (bicyclic) bond motifs is 1. The molecule has 0 amide bonds. The summed E-state index contributed by atoms with van der Waals surface area (Å²) in [7, 11) is 0. The summed E-state index contributed by atoms with van der Waals surface area (Å²) in [5.74, 6) is 1.84. The minimum atomic E-state index is 0.739. The summed E-state index contributed by atoms with van der Waals surface area (Å²) in [6, 6.07) is 0. The Labute approximate surface area is 103 Å². The van der Waals surface area contributed by atoms with Gasteiger partial charge in [0.1, 0.15) is 12.2 Å². The van der Waals surface area contributed by atoms with Gasteiger partial charge in [-0.25, -0.2) is 0 Å². The van der Waals surface area contributed by atoms with E-state index in [0.717, 1.165) is 51.0 Å². The fourth-order valence-electron chi connectivity index (χ4n) is 2.13. The van der Waals surface area contributed by atoms with Crippen LogP contribution in [0.15, 0.2) is 6.33 Å². The van der Waals surface area contributed by atoms with E-state index in [1.807, 2.05) is 6.33 Å². The summed E-state index contributed by atoms with van der Waals surface area (Å²) in [5, 5.41) is 11.6. The maximum atomic E-state index is 4.13. The molecule has 0 unspecified atom stereocenters. The highest BCUT2D eigenvalue weighted by Gasteiger charge is 2.16. The maximum Gasteiger partial charge on any atom is 0.147 e. The van der Waals surface area contributed by atoms with Crippen LogP contribution < -0.4 is 5.32 Å². The van der Waals surface area contributed by atoms with Crippen LogP contribution in [0.1, 0.15) is 26.1 Å². The van der Waals surface area contributed by atoms with Crippen LogP contribution in [0.25, 0.3) is 0 Å². The molecule has 1 N–H and O–H groups in total. The molecular formula is C12H23N5. The quantitative estimate of drug-likeness (QED) is 0.741. The Morgan fingerprint density at radius 2 is 2.29 bits per heavy atom. The van der Waals surface area contributed by atoms with E-state index in [-0.39, 0.29) is 0 Å². The lowest BCUT2D eigenvalue weighted by molar-refractivity contribution is 0.214. The first-order valence-corrected chi connectivity index (χ1v) is 6.55. The van der Waals surface area contributed by atoms with E-state index in [0.29, 0.717) is 0 Å². The van der Waals surface area contributed by atoms with E-state index < -0.39 is 0 Å². The highest BCUT2D eigenvalue weighted by atomic mass is 15.3. The Balaban J connectivity index is 1.62. The van der Waals surface area contributed by atoms with Crippen LogP contribution in [0.5, 0.6) is 0 Å². The molecule has 1 aromatic rings. The van der Waals surface area contributed by atoms with E-state index in [1.165, 1.54) is 6.42 Å². The SMILES string of the molecule is CC(C)CNCCCN1CCn2cnnc2C1. The summed E-state index contributed by atoms with van der Waals surface area (Å²) in [5.41, 5.74) is 0. The normalized spacial score (nSPS) is 16.4. The van der Waals surface area contributed by atoms with Crippen LogP contribution in [-0.2, 0) is 13.1 Å². The van der Waals surface area contributed by atoms with Gasteiger partial charge in [0.25, 0.3) is 0 Å². The van der Waals surface area contributed by atoms with Gasteiger partial charge in [0.05, 0.1) is 6.54 Å². The number of rotatable bonds is 6. The number of nitrogens with zero attached hydrogens (tertiary/aromatic N) is 4. The van der Waals surface area contributed by atoms with Gasteiger partial charge in [-0.15, -0.1) is 10.2 Å². The van der Waals surface area contributed by atoms with Crippen molar-refractivity contribution in [3.63, 3.8) is 0 Å².